The second kappa shape index (κ2) is 7.19. The highest BCUT2D eigenvalue weighted by atomic mass is 32.1. The summed E-state index contributed by atoms with van der Waals surface area (Å²) in [5.74, 6) is 6.06. The van der Waals surface area contributed by atoms with Crippen molar-refractivity contribution in [3.05, 3.63) is 21.9 Å². The Kier molecular flexibility index (Phi) is 5.29. The van der Waals surface area contributed by atoms with Crippen LogP contribution in [0, 0.1) is 0 Å². The summed E-state index contributed by atoms with van der Waals surface area (Å²) < 4.78 is 5.48. The maximum atomic E-state index is 5.48. The van der Waals surface area contributed by atoms with E-state index >= 15 is 0 Å². The van der Waals surface area contributed by atoms with Gasteiger partial charge in [-0.05, 0) is 32.4 Å². The summed E-state index contributed by atoms with van der Waals surface area (Å²) >= 11 is 1.77. The molecule has 2 aromatic rings. The molecule has 8 heteroatoms. The van der Waals surface area contributed by atoms with Gasteiger partial charge in [-0.25, -0.2) is 5.84 Å². The minimum atomic E-state index is -0.0183. The largest absolute Gasteiger partial charge is 0.461 e. The predicted molar refractivity (Wildman–Crippen MR) is 84.4 cm³/mol. The summed E-state index contributed by atoms with van der Waals surface area (Å²) in [7, 11) is 0. The molecule has 0 unspecified atom stereocenters. The van der Waals surface area contributed by atoms with Crippen molar-refractivity contribution < 1.29 is 4.74 Å². The van der Waals surface area contributed by atoms with Crippen molar-refractivity contribution in [1.29, 1.82) is 0 Å². The van der Waals surface area contributed by atoms with Gasteiger partial charge in [0.25, 0.3) is 0 Å². The number of nitrogen functional groups attached to an aromatic ring is 1. The first kappa shape index (κ1) is 15.5. The molecule has 2 rings (SSSR count). The summed E-state index contributed by atoms with van der Waals surface area (Å²) in [5, 5.41) is 3.16. The molecular weight excluding hydrogens is 288 g/mol. The van der Waals surface area contributed by atoms with Crippen LogP contribution in [0.25, 0.3) is 0 Å². The Hall–Kier alpha value is -1.93. The van der Waals surface area contributed by atoms with E-state index in [0.717, 1.165) is 6.42 Å². The fourth-order valence-corrected chi connectivity index (χ4v) is 2.53. The highest BCUT2D eigenvalue weighted by Gasteiger charge is 2.08. The van der Waals surface area contributed by atoms with E-state index in [1.54, 1.807) is 11.3 Å². The van der Waals surface area contributed by atoms with Gasteiger partial charge in [0.2, 0.25) is 11.9 Å². The van der Waals surface area contributed by atoms with E-state index in [0.29, 0.717) is 12.5 Å². The maximum Gasteiger partial charge on any atom is 0.323 e. The number of hydrogen-bond acceptors (Lipinski definition) is 8. The van der Waals surface area contributed by atoms with Gasteiger partial charge in [0.1, 0.15) is 0 Å². The zero-order valence-corrected chi connectivity index (χ0v) is 13.2. The Labute approximate surface area is 128 Å². The van der Waals surface area contributed by atoms with Crippen molar-refractivity contribution in [2.45, 2.75) is 39.8 Å². The lowest BCUT2D eigenvalue weighted by Crippen LogP contribution is -2.16. The Bertz CT molecular complexity index is 586. The number of nitrogens with two attached hydrogens (primary N) is 1. The van der Waals surface area contributed by atoms with Crippen molar-refractivity contribution in [3.8, 4) is 6.01 Å². The van der Waals surface area contributed by atoms with Crippen LogP contribution in [-0.4, -0.2) is 21.1 Å². The van der Waals surface area contributed by atoms with E-state index < -0.39 is 0 Å². The Morgan fingerprint density at radius 1 is 1.19 bits per heavy atom. The number of nitrogens with zero attached hydrogens (tertiary/aromatic N) is 3. The van der Waals surface area contributed by atoms with E-state index in [4.69, 9.17) is 10.6 Å². The number of rotatable bonds is 7. The molecule has 0 amide bonds. The molecule has 0 radical (unpaired) electrons. The van der Waals surface area contributed by atoms with Crippen LogP contribution in [0.15, 0.2) is 12.1 Å². The monoisotopic (exact) mass is 308 g/mol. The van der Waals surface area contributed by atoms with Crippen molar-refractivity contribution >= 4 is 23.2 Å². The first-order valence-corrected chi connectivity index (χ1v) is 7.63. The lowest BCUT2D eigenvalue weighted by Gasteiger charge is -2.10. The minimum Gasteiger partial charge on any atom is -0.461 e. The second-order valence-corrected chi connectivity index (χ2v) is 5.90. The van der Waals surface area contributed by atoms with Gasteiger partial charge in [0.15, 0.2) is 0 Å². The predicted octanol–water partition coefficient (Wildman–Crippen LogP) is 2.18. The Balaban J connectivity index is 2.07. The maximum absolute atomic E-state index is 5.48. The fourth-order valence-electron chi connectivity index (χ4n) is 1.64. The molecule has 2 heterocycles. The van der Waals surface area contributed by atoms with Gasteiger partial charge in [0.05, 0.1) is 12.6 Å². The minimum absolute atomic E-state index is 0.0183. The summed E-state index contributed by atoms with van der Waals surface area (Å²) in [5.41, 5.74) is 2.41. The van der Waals surface area contributed by atoms with Crippen LogP contribution >= 0.6 is 11.3 Å². The van der Waals surface area contributed by atoms with Crippen LogP contribution in [0.1, 0.15) is 30.5 Å². The van der Waals surface area contributed by atoms with Gasteiger partial charge in [-0.2, -0.15) is 15.0 Å². The van der Waals surface area contributed by atoms with Crippen LogP contribution in [0.5, 0.6) is 6.01 Å². The summed E-state index contributed by atoms with van der Waals surface area (Å²) in [6.07, 6.45) is 1.03. The smallest absolute Gasteiger partial charge is 0.323 e. The van der Waals surface area contributed by atoms with Crippen LogP contribution in [0.2, 0.25) is 0 Å². The Morgan fingerprint density at radius 3 is 2.52 bits per heavy atom. The number of hydrogen-bond donors (Lipinski definition) is 3. The molecule has 0 atom stereocenters. The third-order valence-electron chi connectivity index (χ3n) is 2.57. The molecule has 4 N–H and O–H groups in total. The second-order valence-electron chi connectivity index (χ2n) is 4.65. The molecule has 21 heavy (non-hydrogen) atoms. The van der Waals surface area contributed by atoms with E-state index in [2.05, 4.69) is 44.8 Å². The van der Waals surface area contributed by atoms with Gasteiger partial charge < -0.3 is 10.1 Å². The molecule has 0 spiro atoms. The quantitative estimate of drug-likeness (QED) is 0.532. The van der Waals surface area contributed by atoms with E-state index in [1.165, 1.54) is 9.75 Å². The molecular formula is C13H20N6OS. The summed E-state index contributed by atoms with van der Waals surface area (Å²) in [4.78, 5) is 15.0. The highest BCUT2D eigenvalue weighted by molar-refractivity contribution is 7.12. The van der Waals surface area contributed by atoms with Crippen LogP contribution in [-0.2, 0) is 13.0 Å². The zero-order valence-electron chi connectivity index (χ0n) is 12.4. The molecule has 7 nitrogen and oxygen atoms in total. The third kappa shape index (κ3) is 4.54. The lowest BCUT2D eigenvalue weighted by atomic mass is 10.4. The van der Waals surface area contributed by atoms with E-state index in [-0.39, 0.29) is 18.1 Å². The van der Waals surface area contributed by atoms with Crippen LogP contribution < -0.4 is 21.3 Å². The van der Waals surface area contributed by atoms with Crippen molar-refractivity contribution in [2.24, 2.45) is 5.84 Å². The molecule has 2 aromatic heterocycles. The number of hydrazine groups is 1. The van der Waals surface area contributed by atoms with Gasteiger partial charge in [0, 0.05) is 9.75 Å². The van der Waals surface area contributed by atoms with Gasteiger partial charge in [-0.1, -0.05) is 6.92 Å². The topological polar surface area (TPSA) is 98.0 Å². The average Bonchev–Trinajstić information content (AvgIpc) is 2.92. The van der Waals surface area contributed by atoms with Gasteiger partial charge in [-0.3, -0.25) is 5.43 Å². The molecule has 0 aliphatic carbocycles. The molecule has 0 bridgehead atoms. The van der Waals surface area contributed by atoms with E-state index in [1.807, 2.05) is 13.8 Å². The molecule has 0 aliphatic rings. The first-order chi connectivity index (χ1) is 10.1. The van der Waals surface area contributed by atoms with Crippen molar-refractivity contribution in [3.63, 3.8) is 0 Å². The number of ether oxygens (including phenoxy) is 1. The van der Waals surface area contributed by atoms with Crippen molar-refractivity contribution in [2.75, 3.05) is 10.7 Å². The summed E-state index contributed by atoms with van der Waals surface area (Å²) in [6, 6.07) is 4.48. The normalized spacial score (nSPS) is 10.7. The third-order valence-corrected chi connectivity index (χ3v) is 3.80. The number of aryl methyl sites for hydroxylation is 1. The lowest BCUT2D eigenvalue weighted by molar-refractivity contribution is 0.222. The summed E-state index contributed by atoms with van der Waals surface area (Å²) in [6.45, 7) is 6.61. The fraction of sp³-hybridized carbons (Fsp3) is 0.462. The van der Waals surface area contributed by atoms with Crippen molar-refractivity contribution in [1.82, 2.24) is 15.0 Å². The molecule has 114 valence electrons. The van der Waals surface area contributed by atoms with Gasteiger partial charge in [-0.15, -0.1) is 11.3 Å². The number of anilines is 2. The van der Waals surface area contributed by atoms with Gasteiger partial charge >= 0.3 is 6.01 Å². The van der Waals surface area contributed by atoms with E-state index in [9.17, 15) is 0 Å². The molecule has 0 saturated heterocycles. The number of aromatic nitrogens is 3. The molecule has 0 aliphatic heterocycles. The standard InChI is InChI=1S/C13H20N6OS/c1-4-9-5-6-10(21-9)7-15-11-16-12(19-14)18-13(17-11)20-8(2)3/h5-6,8H,4,7,14H2,1-3H3,(H2,15,16,17,18,19). The number of thiophene rings is 1. The molecule has 0 aromatic carbocycles. The molecule has 0 fully saturated rings. The Morgan fingerprint density at radius 2 is 1.90 bits per heavy atom. The number of nitrogens with one attached hydrogen (secondary N) is 2. The average molecular weight is 308 g/mol. The van der Waals surface area contributed by atoms with Crippen LogP contribution in [0.4, 0.5) is 11.9 Å². The highest BCUT2D eigenvalue weighted by Crippen LogP contribution is 2.18. The molecule has 0 saturated carbocycles. The SMILES string of the molecule is CCc1ccc(CNc2nc(NN)nc(OC(C)C)n2)s1. The van der Waals surface area contributed by atoms with Crippen LogP contribution in [0.3, 0.4) is 0 Å². The zero-order chi connectivity index (χ0) is 15.2. The first-order valence-electron chi connectivity index (χ1n) is 6.81.